The summed E-state index contributed by atoms with van der Waals surface area (Å²) in [5, 5.41) is 17.9. The summed E-state index contributed by atoms with van der Waals surface area (Å²) in [4.78, 5) is 10.5. The lowest BCUT2D eigenvalue weighted by molar-refractivity contribution is -0.147. The summed E-state index contributed by atoms with van der Waals surface area (Å²) in [6.07, 6.45) is -1.75. The van der Waals surface area contributed by atoms with Crippen LogP contribution in [0.4, 0.5) is 4.39 Å². The third-order valence-electron chi connectivity index (χ3n) is 2.03. The van der Waals surface area contributed by atoms with Crippen LogP contribution < -0.4 is 9.47 Å². The minimum atomic E-state index is -1.75. The van der Waals surface area contributed by atoms with Crippen molar-refractivity contribution < 1.29 is 28.9 Å². The Morgan fingerprint density at radius 3 is 2.73 bits per heavy atom. The Balaban J connectivity index is 2.50. The Morgan fingerprint density at radius 2 is 2.07 bits per heavy atom. The van der Waals surface area contributed by atoms with Gasteiger partial charge in [0.25, 0.3) is 0 Å². The van der Waals surface area contributed by atoms with Crippen LogP contribution in [0.5, 0.6) is 11.5 Å². The maximum absolute atomic E-state index is 13.1. The molecule has 80 valence electrons. The first-order valence-electron chi connectivity index (χ1n) is 4.10. The molecule has 2 N–H and O–H groups in total. The summed E-state index contributed by atoms with van der Waals surface area (Å²) in [5.41, 5.74) is -0.0172. The Bertz CT molecular complexity index is 417. The summed E-state index contributed by atoms with van der Waals surface area (Å²) >= 11 is 0. The van der Waals surface area contributed by atoms with Gasteiger partial charge in [0.15, 0.2) is 17.7 Å². The highest BCUT2D eigenvalue weighted by molar-refractivity contribution is 5.76. The molecule has 0 radical (unpaired) electrons. The summed E-state index contributed by atoms with van der Waals surface area (Å²) in [6.45, 7) is -0.185. The molecule has 0 fully saturated rings. The average Bonchev–Trinajstić information content (AvgIpc) is 2.66. The molecule has 0 aliphatic carbocycles. The summed E-state index contributed by atoms with van der Waals surface area (Å²) in [6, 6.07) is 2.18. The van der Waals surface area contributed by atoms with E-state index in [1.165, 1.54) is 0 Å². The zero-order valence-electron chi connectivity index (χ0n) is 7.44. The number of aliphatic hydroxyl groups excluding tert-OH is 1. The molecule has 0 amide bonds. The number of hydrogen-bond acceptors (Lipinski definition) is 4. The molecule has 0 bridgehead atoms. The van der Waals surface area contributed by atoms with E-state index in [1.807, 2.05) is 0 Å². The fourth-order valence-corrected chi connectivity index (χ4v) is 1.33. The number of aliphatic carboxylic acids is 1. The topological polar surface area (TPSA) is 76.0 Å². The van der Waals surface area contributed by atoms with E-state index >= 15 is 0 Å². The lowest BCUT2D eigenvalue weighted by atomic mass is 10.1. The number of hydrogen-bond donors (Lipinski definition) is 2. The SMILES string of the molecule is O=C(O)C(O)c1ccc(F)c2c1OCO2. The maximum Gasteiger partial charge on any atom is 0.337 e. The molecule has 2 rings (SSSR count). The third-order valence-corrected chi connectivity index (χ3v) is 2.03. The number of carboxylic acids is 1. The van der Waals surface area contributed by atoms with Crippen molar-refractivity contribution in [2.45, 2.75) is 6.10 Å². The van der Waals surface area contributed by atoms with Crippen molar-refractivity contribution in [3.05, 3.63) is 23.5 Å². The minimum Gasteiger partial charge on any atom is -0.479 e. The molecule has 0 saturated carbocycles. The molecule has 1 unspecified atom stereocenters. The predicted molar refractivity (Wildman–Crippen MR) is 45.1 cm³/mol. The third kappa shape index (κ3) is 1.48. The zero-order chi connectivity index (χ0) is 11.0. The van der Waals surface area contributed by atoms with Crippen molar-refractivity contribution in [1.29, 1.82) is 0 Å². The first-order chi connectivity index (χ1) is 7.11. The quantitative estimate of drug-likeness (QED) is 0.756. The Hall–Kier alpha value is -1.82. The normalized spacial score (nSPS) is 15.1. The van der Waals surface area contributed by atoms with Gasteiger partial charge < -0.3 is 19.7 Å². The molecule has 1 aromatic carbocycles. The molecule has 15 heavy (non-hydrogen) atoms. The van der Waals surface area contributed by atoms with Gasteiger partial charge in [-0.05, 0) is 12.1 Å². The lowest BCUT2D eigenvalue weighted by Gasteiger charge is -2.08. The Morgan fingerprint density at radius 1 is 1.40 bits per heavy atom. The van der Waals surface area contributed by atoms with Crippen molar-refractivity contribution in [2.75, 3.05) is 6.79 Å². The number of carboxylic acid groups (broad SMARTS) is 1. The van der Waals surface area contributed by atoms with Crippen LogP contribution in [0.25, 0.3) is 0 Å². The van der Waals surface area contributed by atoms with Crippen molar-refractivity contribution in [1.82, 2.24) is 0 Å². The van der Waals surface area contributed by atoms with Gasteiger partial charge in [0.05, 0.1) is 0 Å². The van der Waals surface area contributed by atoms with Crippen LogP contribution in [0.2, 0.25) is 0 Å². The number of halogens is 1. The van der Waals surface area contributed by atoms with E-state index in [0.717, 1.165) is 12.1 Å². The minimum absolute atomic E-state index is 0.0172. The standard InChI is InChI=1S/C9H7FO5/c10-5-2-1-4(6(11)9(12)13)7-8(5)15-3-14-7/h1-2,6,11H,3H2,(H,12,13). The largest absolute Gasteiger partial charge is 0.479 e. The van der Waals surface area contributed by atoms with Gasteiger partial charge in [0, 0.05) is 5.56 Å². The van der Waals surface area contributed by atoms with Gasteiger partial charge in [0.2, 0.25) is 12.5 Å². The molecule has 0 aromatic heterocycles. The van der Waals surface area contributed by atoms with Gasteiger partial charge in [-0.25, -0.2) is 9.18 Å². The number of fused-ring (bicyclic) bond motifs is 1. The van der Waals surface area contributed by atoms with Crippen LogP contribution in [-0.4, -0.2) is 23.0 Å². The second kappa shape index (κ2) is 3.39. The molecule has 0 saturated heterocycles. The van der Waals surface area contributed by atoms with Crippen LogP contribution in [0.15, 0.2) is 12.1 Å². The van der Waals surface area contributed by atoms with E-state index in [9.17, 15) is 14.3 Å². The van der Waals surface area contributed by atoms with E-state index in [4.69, 9.17) is 14.6 Å². The van der Waals surface area contributed by atoms with Gasteiger partial charge in [0.1, 0.15) is 0 Å². The van der Waals surface area contributed by atoms with Crippen molar-refractivity contribution in [2.24, 2.45) is 0 Å². The fourth-order valence-electron chi connectivity index (χ4n) is 1.33. The highest BCUT2D eigenvalue weighted by Crippen LogP contribution is 2.40. The van der Waals surface area contributed by atoms with E-state index < -0.39 is 17.9 Å². The average molecular weight is 214 g/mol. The smallest absolute Gasteiger partial charge is 0.337 e. The van der Waals surface area contributed by atoms with Gasteiger partial charge in [-0.3, -0.25) is 0 Å². The molecule has 1 aromatic rings. The van der Waals surface area contributed by atoms with Gasteiger partial charge in [-0.2, -0.15) is 0 Å². The second-order valence-corrected chi connectivity index (χ2v) is 2.94. The zero-order valence-corrected chi connectivity index (χ0v) is 7.44. The molecular formula is C9H7FO5. The number of rotatable bonds is 2. The van der Waals surface area contributed by atoms with E-state index in [2.05, 4.69) is 0 Å². The number of aliphatic hydroxyl groups is 1. The van der Waals surface area contributed by atoms with Crippen LogP contribution in [0.1, 0.15) is 11.7 Å². The van der Waals surface area contributed by atoms with E-state index in [0.29, 0.717) is 0 Å². The molecule has 5 nitrogen and oxygen atoms in total. The van der Waals surface area contributed by atoms with Crippen LogP contribution in [-0.2, 0) is 4.79 Å². The first-order valence-corrected chi connectivity index (χ1v) is 4.10. The molecule has 1 aliphatic heterocycles. The number of benzene rings is 1. The van der Waals surface area contributed by atoms with Crippen LogP contribution in [0, 0.1) is 5.82 Å². The Kier molecular flexibility index (Phi) is 2.20. The summed E-state index contributed by atoms with van der Waals surface area (Å²) in [5.74, 6) is -2.29. The molecule has 0 spiro atoms. The van der Waals surface area contributed by atoms with Crippen LogP contribution >= 0.6 is 0 Å². The van der Waals surface area contributed by atoms with E-state index in [1.54, 1.807) is 0 Å². The van der Waals surface area contributed by atoms with Crippen molar-refractivity contribution >= 4 is 5.97 Å². The molecular weight excluding hydrogens is 207 g/mol. The van der Waals surface area contributed by atoms with Crippen LogP contribution in [0.3, 0.4) is 0 Å². The van der Waals surface area contributed by atoms with Gasteiger partial charge in [-0.1, -0.05) is 0 Å². The maximum atomic E-state index is 13.1. The van der Waals surface area contributed by atoms with E-state index in [-0.39, 0.29) is 23.9 Å². The van der Waals surface area contributed by atoms with Gasteiger partial charge >= 0.3 is 5.97 Å². The van der Waals surface area contributed by atoms with Gasteiger partial charge in [-0.15, -0.1) is 0 Å². The number of ether oxygens (including phenoxy) is 2. The number of carbonyl (C=O) groups is 1. The fraction of sp³-hybridized carbons (Fsp3) is 0.222. The molecule has 1 heterocycles. The van der Waals surface area contributed by atoms with Crippen molar-refractivity contribution in [3.63, 3.8) is 0 Å². The molecule has 6 heteroatoms. The predicted octanol–water partition coefficient (Wildman–Crippen LogP) is 0.672. The lowest BCUT2D eigenvalue weighted by Crippen LogP contribution is -2.11. The second-order valence-electron chi connectivity index (χ2n) is 2.94. The monoisotopic (exact) mass is 214 g/mol. The van der Waals surface area contributed by atoms with Crippen molar-refractivity contribution in [3.8, 4) is 11.5 Å². The molecule has 1 atom stereocenters. The first kappa shape index (κ1) is 9.72. The summed E-state index contributed by atoms with van der Waals surface area (Å²) < 4.78 is 22.8. The summed E-state index contributed by atoms with van der Waals surface area (Å²) in [7, 11) is 0. The highest BCUT2D eigenvalue weighted by atomic mass is 19.1. The molecule has 1 aliphatic rings. The highest BCUT2D eigenvalue weighted by Gasteiger charge is 2.28. The Labute approximate surface area is 83.7 Å².